The summed E-state index contributed by atoms with van der Waals surface area (Å²) in [6.07, 6.45) is 3.88. The fourth-order valence-electron chi connectivity index (χ4n) is 2.32. The first-order chi connectivity index (χ1) is 6.19. The van der Waals surface area contributed by atoms with Crippen LogP contribution in [0.2, 0.25) is 0 Å². The summed E-state index contributed by atoms with van der Waals surface area (Å²) in [6.45, 7) is 9.00. The van der Waals surface area contributed by atoms with Crippen molar-refractivity contribution in [2.75, 3.05) is 13.1 Å². The van der Waals surface area contributed by atoms with Gasteiger partial charge in [0, 0.05) is 18.6 Å². The van der Waals surface area contributed by atoms with Gasteiger partial charge < -0.3 is 5.73 Å². The Morgan fingerprint density at radius 3 is 2.77 bits per heavy atom. The second kappa shape index (κ2) is 4.97. The zero-order valence-corrected chi connectivity index (χ0v) is 9.29. The van der Waals surface area contributed by atoms with E-state index < -0.39 is 0 Å². The van der Waals surface area contributed by atoms with Gasteiger partial charge in [0.1, 0.15) is 0 Å². The third kappa shape index (κ3) is 2.68. The standard InChI is InChI=1S/C11H24N2/c1-4-10(3)13-6-5-9(2)7-11(13)8-12/h9-11H,4-8,12H2,1-3H3. The van der Waals surface area contributed by atoms with Crippen molar-refractivity contribution in [3.63, 3.8) is 0 Å². The van der Waals surface area contributed by atoms with Crippen LogP contribution >= 0.6 is 0 Å². The van der Waals surface area contributed by atoms with E-state index in [1.807, 2.05) is 0 Å². The summed E-state index contributed by atoms with van der Waals surface area (Å²) in [6, 6.07) is 1.35. The van der Waals surface area contributed by atoms with Crippen molar-refractivity contribution in [1.29, 1.82) is 0 Å². The zero-order valence-electron chi connectivity index (χ0n) is 9.29. The van der Waals surface area contributed by atoms with Gasteiger partial charge in [-0.25, -0.2) is 0 Å². The Bertz CT molecular complexity index is 147. The van der Waals surface area contributed by atoms with Gasteiger partial charge in [-0.2, -0.15) is 0 Å². The fraction of sp³-hybridized carbons (Fsp3) is 1.00. The normalized spacial score (nSPS) is 33.2. The average Bonchev–Trinajstić information content (AvgIpc) is 2.16. The molecule has 1 aliphatic heterocycles. The molecular formula is C11H24N2. The molecule has 0 aromatic rings. The molecule has 1 heterocycles. The van der Waals surface area contributed by atoms with Crippen LogP contribution in [0.25, 0.3) is 0 Å². The largest absolute Gasteiger partial charge is 0.329 e. The molecule has 2 nitrogen and oxygen atoms in total. The summed E-state index contributed by atoms with van der Waals surface area (Å²) in [5.41, 5.74) is 5.81. The van der Waals surface area contributed by atoms with Gasteiger partial charge in [0.2, 0.25) is 0 Å². The van der Waals surface area contributed by atoms with Crippen molar-refractivity contribution in [3.05, 3.63) is 0 Å². The van der Waals surface area contributed by atoms with E-state index in [2.05, 4.69) is 25.7 Å². The Hall–Kier alpha value is -0.0800. The number of likely N-dealkylation sites (tertiary alicyclic amines) is 1. The summed E-state index contributed by atoms with van der Waals surface area (Å²) < 4.78 is 0. The van der Waals surface area contributed by atoms with Crippen LogP contribution in [-0.4, -0.2) is 30.1 Å². The molecule has 0 amide bonds. The van der Waals surface area contributed by atoms with Crippen molar-refractivity contribution in [2.24, 2.45) is 11.7 Å². The first kappa shape index (κ1) is 11.0. The summed E-state index contributed by atoms with van der Waals surface area (Å²) in [7, 11) is 0. The first-order valence-corrected chi connectivity index (χ1v) is 5.64. The molecule has 0 saturated carbocycles. The number of hydrogen-bond acceptors (Lipinski definition) is 2. The smallest absolute Gasteiger partial charge is 0.0223 e. The van der Waals surface area contributed by atoms with Gasteiger partial charge in [0.15, 0.2) is 0 Å². The monoisotopic (exact) mass is 184 g/mol. The molecule has 3 unspecified atom stereocenters. The molecule has 0 aliphatic carbocycles. The van der Waals surface area contributed by atoms with Gasteiger partial charge in [-0.1, -0.05) is 13.8 Å². The molecule has 2 heteroatoms. The third-order valence-electron chi connectivity index (χ3n) is 3.45. The second-order valence-electron chi connectivity index (χ2n) is 4.51. The van der Waals surface area contributed by atoms with Crippen molar-refractivity contribution in [3.8, 4) is 0 Å². The molecule has 3 atom stereocenters. The molecule has 1 rings (SSSR count). The maximum absolute atomic E-state index is 5.81. The maximum atomic E-state index is 5.81. The number of piperidine rings is 1. The lowest BCUT2D eigenvalue weighted by atomic mass is 9.91. The summed E-state index contributed by atoms with van der Waals surface area (Å²) >= 11 is 0. The third-order valence-corrected chi connectivity index (χ3v) is 3.45. The van der Waals surface area contributed by atoms with Gasteiger partial charge in [-0.05, 0) is 38.6 Å². The summed E-state index contributed by atoms with van der Waals surface area (Å²) in [4.78, 5) is 2.60. The fourth-order valence-corrected chi connectivity index (χ4v) is 2.32. The topological polar surface area (TPSA) is 29.3 Å². The van der Waals surface area contributed by atoms with Crippen LogP contribution in [0, 0.1) is 5.92 Å². The zero-order chi connectivity index (χ0) is 9.84. The minimum absolute atomic E-state index is 0.638. The lowest BCUT2D eigenvalue weighted by Crippen LogP contribution is -2.50. The molecule has 2 N–H and O–H groups in total. The average molecular weight is 184 g/mol. The Morgan fingerprint density at radius 1 is 1.54 bits per heavy atom. The highest BCUT2D eigenvalue weighted by molar-refractivity contribution is 4.83. The van der Waals surface area contributed by atoms with E-state index in [4.69, 9.17) is 5.73 Å². The molecule has 78 valence electrons. The first-order valence-electron chi connectivity index (χ1n) is 5.64. The van der Waals surface area contributed by atoms with E-state index in [1.54, 1.807) is 0 Å². The SMILES string of the molecule is CCC(C)N1CCC(C)CC1CN. The molecule has 0 radical (unpaired) electrons. The van der Waals surface area contributed by atoms with Gasteiger partial charge in [0.05, 0.1) is 0 Å². The second-order valence-corrected chi connectivity index (χ2v) is 4.51. The minimum Gasteiger partial charge on any atom is -0.329 e. The lowest BCUT2D eigenvalue weighted by molar-refractivity contribution is 0.0818. The van der Waals surface area contributed by atoms with Gasteiger partial charge >= 0.3 is 0 Å². The van der Waals surface area contributed by atoms with Gasteiger partial charge in [-0.15, -0.1) is 0 Å². The van der Waals surface area contributed by atoms with Crippen molar-refractivity contribution < 1.29 is 0 Å². The van der Waals surface area contributed by atoms with Crippen LogP contribution in [0.3, 0.4) is 0 Å². The summed E-state index contributed by atoms with van der Waals surface area (Å²) in [5.74, 6) is 0.869. The molecule has 0 bridgehead atoms. The predicted molar refractivity (Wildman–Crippen MR) is 57.7 cm³/mol. The number of nitrogens with zero attached hydrogens (tertiary/aromatic N) is 1. The van der Waals surface area contributed by atoms with E-state index in [9.17, 15) is 0 Å². The van der Waals surface area contributed by atoms with E-state index in [-0.39, 0.29) is 0 Å². The Labute approximate surface area is 82.5 Å². The lowest BCUT2D eigenvalue weighted by Gasteiger charge is -2.41. The molecule has 0 aromatic heterocycles. The summed E-state index contributed by atoms with van der Waals surface area (Å²) in [5, 5.41) is 0. The molecular weight excluding hydrogens is 160 g/mol. The molecule has 1 fully saturated rings. The number of hydrogen-bond donors (Lipinski definition) is 1. The van der Waals surface area contributed by atoms with Gasteiger partial charge in [0.25, 0.3) is 0 Å². The van der Waals surface area contributed by atoms with Crippen LogP contribution in [0.5, 0.6) is 0 Å². The van der Waals surface area contributed by atoms with E-state index in [0.717, 1.165) is 12.5 Å². The minimum atomic E-state index is 0.638. The maximum Gasteiger partial charge on any atom is 0.0223 e. The Balaban J connectivity index is 2.52. The number of rotatable bonds is 3. The Morgan fingerprint density at radius 2 is 2.23 bits per heavy atom. The van der Waals surface area contributed by atoms with Gasteiger partial charge in [-0.3, -0.25) is 4.90 Å². The van der Waals surface area contributed by atoms with Crippen LogP contribution < -0.4 is 5.73 Å². The quantitative estimate of drug-likeness (QED) is 0.725. The molecule has 13 heavy (non-hydrogen) atoms. The van der Waals surface area contributed by atoms with E-state index in [0.29, 0.717) is 12.1 Å². The van der Waals surface area contributed by atoms with Crippen molar-refractivity contribution in [2.45, 2.75) is 52.1 Å². The predicted octanol–water partition coefficient (Wildman–Crippen LogP) is 1.84. The van der Waals surface area contributed by atoms with E-state index >= 15 is 0 Å². The van der Waals surface area contributed by atoms with Crippen molar-refractivity contribution >= 4 is 0 Å². The van der Waals surface area contributed by atoms with Crippen molar-refractivity contribution in [1.82, 2.24) is 4.90 Å². The van der Waals surface area contributed by atoms with Crippen LogP contribution in [0.4, 0.5) is 0 Å². The molecule has 1 saturated heterocycles. The van der Waals surface area contributed by atoms with Crippen LogP contribution in [0.1, 0.15) is 40.0 Å². The molecule has 0 aromatic carbocycles. The van der Waals surface area contributed by atoms with E-state index in [1.165, 1.54) is 25.8 Å². The van der Waals surface area contributed by atoms with Crippen LogP contribution in [-0.2, 0) is 0 Å². The highest BCUT2D eigenvalue weighted by Gasteiger charge is 2.27. The molecule has 0 spiro atoms. The molecule has 1 aliphatic rings. The Kier molecular flexibility index (Phi) is 4.20. The highest BCUT2D eigenvalue weighted by Crippen LogP contribution is 2.24. The number of nitrogens with two attached hydrogens (primary N) is 1. The van der Waals surface area contributed by atoms with Crippen LogP contribution in [0.15, 0.2) is 0 Å². The highest BCUT2D eigenvalue weighted by atomic mass is 15.2.